The molecule has 1 aromatic rings. The molecule has 0 aliphatic carbocycles. The summed E-state index contributed by atoms with van der Waals surface area (Å²) in [5.41, 5.74) is 0.770. The number of hydrogen-bond acceptors (Lipinski definition) is 3. The van der Waals surface area contributed by atoms with Gasteiger partial charge in [-0.1, -0.05) is 19.9 Å². The third-order valence-electron chi connectivity index (χ3n) is 2.91. The highest BCUT2D eigenvalue weighted by Crippen LogP contribution is 2.17. The second-order valence-corrected chi connectivity index (χ2v) is 5.21. The summed E-state index contributed by atoms with van der Waals surface area (Å²) in [6.07, 6.45) is 0. The Kier molecular flexibility index (Phi) is 6.45. The van der Waals surface area contributed by atoms with E-state index >= 15 is 0 Å². The molecule has 1 atom stereocenters. The number of methoxy groups -OCH3 is 1. The van der Waals surface area contributed by atoms with Crippen molar-refractivity contribution in [3.05, 3.63) is 29.6 Å². The highest BCUT2D eigenvalue weighted by molar-refractivity contribution is 5.81. The Labute approximate surface area is 119 Å². The lowest BCUT2D eigenvalue weighted by Crippen LogP contribution is -2.42. The first-order chi connectivity index (χ1) is 9.43. The number of nitrogens with one attached hydrogen (secondary N) is 2. The second-order valence-electron chi connectivity index (χ2n) is 5.21. The molecule has 0 saturated heterocycles. The lowest BCUT2D eigenvalue weighted by molar-refractivity contribution is -0.122. The van der Waals surface area contributed by atoms with Gasteiger partial charge in [-0.3, -0.25) is 4.79 Å². The third-order valence-corrected chi connectivity index (χ3v) is 2.91. The minimum atomic E-state index is -0.399. The summed E-state index contributed by atoms with van der Waals surface area (Å²) in [5.74, 6) is 0.190. The molecule has 112 valence electrons. The van der Waals surface area contributed by atoms with Crippen molar-refractivity contribution < 1.29 is 13.9 Å². The maximum atomic E-state index is 13.5. The summed E-state index contributed by atoms with van der Waals surface area (Å²) in [4.78, 5) is 11.8. The summed E-state index contributed by atoms with van der Waals surface area (Å²) < 4.78 is 18.4. The standard InChI is InChI=1S/C15H23FN2O2/c1-10(2)8-18-15(19)11(3)17-9-12-5-6-14(20-4)13(16)7-12/h5-7,10-11,17H,8-9H2,1-4H3,(H,18,19). The molecule has 20 heavy (non-hydrogen) atoms. The van der Waals surface area contributed by atoms with Crippen LogP contribution in [0.3, 0.4) is 0 Å². The smallest absolute Gasteiger partial charge is 0.236 e. The van der Waals surface area contributed by atoms with Crippen LogP contribution >= 0.6 is 0 Å². The molecule has 0 spiro atoms. The molecular weight excluding hydrogens is 259 g/mol. The molecule has 0 aliphatic heterocycles. The van der Waals surface area contributed by atoms with E-state index in [4.69, 9.17) is 4.74 Å². The minimum absolute atomic E-state index is 0.0484. The normalized spacial score (nSPS) is 12.3. The molecule has 1 aromatic carbocycles. The van der Waals surface area contributed by atoms with Gasteiger partial charge in [0.15, 0.2) is 11.6 Å². The van der Waals surface area contributed by atoms with Crippen LogP contribution in [0.1, 0.15) is 26.3 Å². The van der Waals surface area contributed by atoms with Crippen LogP contribution in [0.15, 0.2) is 18.2 Å². The fourth-order valence-corrected chi connectivity index (χ4v) is 1.64. The number of hydrogen-bond donors (Lipinski definition) is 2. The van der Waals surface area contributed by atoms with Crippen molar-refractivity contribution in [3.8, 4) is 5.75 Å². The number of carbonyl (C=O) groups is 1. The summed E-state index contributed by atoms with van der Waals surface area (Å²) >= 11 is 0. The fourth-order valence-electron chi connectivity index (χ4n) is 1.64. The maximum Gasteiger partial charge on any atom is 0.236 e. The zero-order valence-corrected chi connectivity index (χ0v) is 12.5. The predicted molar refractivity (Wildman–Crippen MR) is 77.1 cm³/mol. The second kappa shape index (κ2) is 7.85. The molecule has 0 radical (unpaired) electrons. The van der Waals surface area contributed by atoms with Gasteiger partial charge in [-0.05, 0) is 30.5 Å². The average molecular weight is 282 g/mol. The molecule has 1 rings (SSSR count). The predicted octanol–water partition coefficient (Wildman–Crippen LogP) is 2.08. The number of benzene rings is 1. The molecule has 0 heterocycles. The number of amides is 1. The molecule has 2 N–H and O–H groups in total. The Morgan fingerprint density at radius 3 is 2.60 bits per heavy atom. The first-order valence-corrected chi connectivity index (χ1v) is 6.77. The van der Waals surface area contributed by atoms with Gasteiger partial charge >= 0.3 is 0 Å². The molecule has 1 unspecified atom stereocenters. The Morgan fingerprint density at radius 1 is 1.35 bits per heavy atom. The topological polar surface area (TPSA) is 50.4 Å². The van der Waals surface area contributed by atoms with Crippen LogP contribution < -0.4 is 15.4 Å². The monoisotopic (exact) mass is 282 g/mol. The highest BCUT2D eigenvalue weighted by atomic mass is 19.1. The molecule has 0 bridgehead atoms. The minimum Gasteiger partial charge on any atom is -0.494 e. The van der Waals surface area contributed by atoms with Crippen LogP contribution in [0.2, 0.25) is 0 Å². The Morgan fingerprint density at radius 2 is 2.05 bits per heavy atom. The van der Waals surface area contributed by atoms with Gasteiger partial charge in [-0.2, -0.15) is 0 Å². The van der Waals surface area contributed by atoms with E-state index in [1.807, 2.05) is 13.8 Å². The van der Waals surface area contributed by atoms with Gasteiger partial charge in [0.2, 0.25) is 5.91 Å². The van der Waals surface area contributed by atoms with Gasteiger partial charge in [0.1, 0.15) is 0 Å². The molecule has 0 aliphatic rings. The van der Waals surface area contributed by atoms with Crippen LogP contribution in [0.5, 0.6) is 5.75 Å². The van der Waals surface area contributed by atoms with Crippen molar-refractivity contribution in [2.45, 2.75) is 33.4 Å². The van der Waals surface area contributed by atoms with E-state index in [1.165, 1.54) is 13.2 Å². The fraction of sp³-hybridized carbons (Fsp3) is 0.533. The molecule has 0 saturated carbocycles. The van der Waals surface area contributed by atoms with Gasteiger partial charge in [0.05, 0.1) is 13.2 Å². The van der Waals surface area contributed by atoms with Crippen LogP contribution in [0, 0.1) is 11.7 Å². The van der Waals surface area contributed by atoms with Crippen molar-refractivity contribution in [2.75, 3.05) is 13.7 Å². The Hall–Kier alpha value is -1.62. The third kappa shape index (κ3) is 5.17. The Bertz CT molecular complexity index is 449. The van der Waals surface area contributed by atoms with Crippen LogP contribution in [-0.2, 0) is 11.3 Å². The first-order valence-electron chi connectivity index (χ1n) is 6.77. The van der Waals surface area contributed by atoms with Gasteiger partial charge in [0.25, 0.3) is 0 Å². The number of rotatable bonds is 7. The molecule has 1 amide bonds. The number of halogens is 1. The average Bonchev–Trinajstić information content (AvgIpc) is 2.42. The van der Waals surface area contributed by atoms with E-state index in [2.05, 4.69) is 10.6 Å². The SMILES string of the molecule is COc1ccc(CNC(C)C(=O)NCC(C)C)cc1F. The Balaban J connectivity index is 2.46. The molecule has 4 nitrogen and oxygen atoms in total. The van der Waals surface area contributed by atoms with E-state index < -0.39 is 5.82 Å². The number of carbonyl (C=O) groups excluding carboxylic acids is 1. The van der Waals surface area contributed by atoms with E-state index in [-0.39, 0.29) is 17.7 Å². The molecule has 0 aromatic heterocycles. The van der Waals surface area contributed by atoms with Crippen molar-refractivity contribution in [1.82, 2.24) is 10.6 Å². The zero-order valence-electron chi connectivity index (χ0n) is 12.5. The number of ether oxygens (including phenoxy) is 1. The van der Waals surface area contributed by atoms with Crippen molar-refractivity contribution in [2.24, 2.45) is 5.92 Å². The summed E-state index contributed by atoms with van der Waals surface area (Å²) in [5, 5.41) is 5.92. The van der Waals surface area contributed by atoms with Crippen LogP contribution in [0.25, 0.3) is 0 Å². The quantitative estimate of drug-likeness (QED) is 0.805. The summed E-state index contributed by atoms with van der Waals surface area (Å²) in [6.45, 7) is 6.95. The maximum absolute atomic E-state index is 13.5. The van der Waals surface area contributed by atoms with Gasteiger partial charge < -0.3 is 15.4 Å². The van der Waals surface area contributed by atoms with Gasteiger partial charge in [-0.25, -0.2) is 4.39 Å². The highest BCUT2D eigenvalue weighted by Gasteiger charge is 2.12. The molecule has 5 heteroatoms. The van der Waals surface area contributed by atoms with Crippen molar-refractivity contribution >= 4 is 5.91 Å². The largest absolute Gasteiger partial charge is 0.494 e. The molecular formula is C15H23FN2O2. The van der Waals surface area contributed by atoms with E-state index in [9.17, 15) is 9.18 Å². The van der Waals surface area contributed by atoms with Crippen LogP contribution in [-0.4, -0.2) is 25.6 Å². The van der Waals surface area contributed by atoms with Crippen molar-refractivity contribution in [1.29, 1.82) is 0 Å². The lowest BCUT2D eigenvalue weighted by atomic mass is 10.2. The summed E-state index contributed by atoms with van der Waals surface area (Å²) in [6, 6.07) is 4.44. The van der Waals surface area contributed by atoms with E-state index in [0.717, 1.165) is 5.56 Å². The van der Waals surface area contributed by atoms with Crippen molar-refractivity contribution in [3.63, 3.8) is 0 Å². The van der Waals surface area contributed by atoms with E-state index in [1.54, 1.807) is 19.1 Å². The lowest BCUT2D eigenvalue weighted by Gasteiger charge is -2.15. The van der Waals surface area contributed by atoms with E-state index in [0.29, 0.717) is 19.0 Å². The van der Waals surface area contributed by atoms with Gasteiger partial charge in [-0.15, -0.1) is 0 Å². The zero-order chi connectivity index (χ0) is 15.1. The van der Waals surface area contributed by atoms with Gasteiger partial charge in [0, 0.05) is 13.1 Å². The molecule has 0 fully saturated rings. The first kappa shape index (κ1) is 16.4. The summed E-state index contributed by atoms with van der Waals surface area (Å²) in [7, 11) is 1.43. The van der Waals surface area contributed by atoms with Crippen LogP contribution in [0.4, 0.5) is 4.39 Å².